The highest BCUT2D eigenvalue weighted by molar-refractivity contribution is 5.89. The SMILES string of the molecule is C=C(C)C(=O)OCCOc1ccc(-c2ccc(OC(=O)C(=C)C)c(F)c2)c(OCCOC(=O)C(C)(C)C)c1. The molecular weight excluding hydrogens is 495 g/mol. The van der Waals surface area contributed by atoms with Gasteiger partial charge in [0.05, 0.1) is 5.41 Å². The molecule has 0 bridgehead atoms. The summed E-state index contributed by atoms with van der Waals surface area (Å²) in [6.45, 7) is 15.4. The van der Waals surface area contributed by atoms with Crippen LogP contribution >= 0.6 is 0 Å². The van der Waals surface area contributed by atoms with Crippen molar-refractivity contribution in [3.05, 3.63) is 66.5 Å². The quantitative estimate of drug-likeness (QED) is 0.156. The van der Waals surface area contributed by atoms with Gasteiger partial charge in [-0.25, -0.2) is 14.0 Å². The molecule has 0 fully saturated rings. The van der Waals surface area contributed by atoms with E-state index in [1.54, 1.807) is 52.0 Å². The number of carbonyl (C=O) groups is 3. The van der Waals surface area contributed by atoms with Gasteiger partial charge >= 0.3 is 17.9 Å². The smallest absolute Gasteiger partial charge is 0.338 e. The van der Waals surface area contributed by atoms with Crippen molar-refractivity contribution < 1.29 is 42.5 Å². The van der Waals surface area contributed by atoms with Crippen LogP contribution in [0, 0.1) is 11.2 Å². The van der Waals surface area contributed by atoms with Gasteiger partial charge in [-0.1, -0.05) is 19.2 Å². The number of ether oxygens (including phenoxy) is 5. The van der Waals surface area contributed by atoms with Crippen LogP contribution in [-0.4, -0.2) is 44.3 Å². The maximum absolute atomic E-state index is 14.7. The van der Waals surface area contributed by atoms with E-state index >= 15 is 0 Å². The van der Waals surface area contributed by atoms with E-state index in [-0.39, 0.29) is 49.3 Å². The van der Waals surface area contributed by atoms with Gasteiger partial charge < -0.3 is 23.7 Å². The summed E-state index contributed by atoms with van der Waals surface area (Å²) < 4.78 is 41.5. The highest BCUT2D eigenvalue weighted by Crippen LogP contribution is 2.35. The normalized spacial score (nSPS) is 10.8. The molecule has 0 radical (unpaired) electrons. The number of hydrogen-bond donors (Lipinski definition) is 0. The summed E-state index contributed by atoms with van der Waals surface area (Å²) in [6.07, 6.45) is 0. The summed E-state index contributed by atoms with van der Waals surface area (Å²) in [5.74, 6) is -1.86. The molecule has 0 aliphatic rings. The zero-order valence-corrected chi connectivity index (χ0v) is 22.4. The molecule has 0 amide bonds. The van der Waals surface area contributed by atoms with Gasteiger partial charge in [0.1, 0.15) is 37.9 Å². The molecule has 0 saturated heterocycles. The first-order valence-electron chi connectivity index (χ1n) is 11.9. The summed E-state index contributed by atoms with van der Waals surface area (Å²) in [4.78, 5) is 35.3. The van der Waals surface area contributed by atoms with Crippen LogP contribution in [0.2, 0.25) is 0 Å². The molecule has 9 heteroatoms. The number of halogens is 1. The fourth-order valence-corrected chi connectivity index (χ4v) is 2.81. The molecule has 0 N–H and O–H groups in total. The molecule has 0 aromatic heterocycles. The molecule has 0 aliphatic heterocycles. The average molecular weight is 529 g/mol. The third-order valence-electron chi connectivity index (χ3n) is 4.87. The van der Waals surface area contributed by atoms with Gasteiger partial charge in [0.15, 0.2) is 11.6 Å². The zero-order valence-electron chi connectivity index (χ0n) is 22.4. The Bertz CT molecular complexity index is 1210. The molecule has 2 aromatic carbocycles. The van der Waals surface area contributed by atoms with E-state index in [4.69, 9.17) is 23.7 Å². The van der Waals surface area contributed by atoms with Crippen molar-refractivity contribution in [2.75, 3.05) is 26.4 Å². The van der Waals surface area contributed by atoms with E-state index in [9.17, 15) is 18.8 Å². The Morgan fingerprint density at radius 1 is 0.789 bits per heavy atom. The highest BCUT2D eigenvalue weighted by atomic mass is 19.1. The van der Waals surface area contributed by atoms with Crippen molar-refractivity contribution in [2.45, 2.75) is 34.6 Å². The van der Waals surface area contributed by atoms with Crippen molar-refractivity contribution in [3.8, 4) is 28.4 Å². The van der Waals surface area contributed by atoms with Crippen LogP contribution in [0.5, 0.6) is 17.2 Å². The van der Waals surface area contributed by atoms with Gasteiger partial charge in [-0.15, -0.1) is 0 Å². The Hall–Kier alpha value is -4.14. The highest BCUT2D eigenvalue weighted by Gasteiger charge is 2.23. The molecule has 0 spiro atoms. The van der Waals surface area contributed by atoms with E-state index in [1.807, 2.05) is 0 Å². The minimum Gasteiger partial charge on any atom is -0.490 e. The molecule has 0 heterocycles. The largest absolute Gasteiger partial charge is 0.490 e. The molecule has 0 saturated carbocycles. The lowest BCUT2D eigenvalue weighted by molar-refractivity contribution is -0.153. The Balaban J connectivity index is 2.22. The fourth-order valence-electron chi connectivity index (χ4n) is 2.81. The van der Waals surface area contributed by atoms with E-state index < -0.39 is 23.2 Å². The minimum absolute atomic E-state index is 0.00163. The molecule has 0 aliphatic carbocycles. The standard InChI is InChI=1S/C29H33FO8/c1-18(2)26(31)36-14-12-34-21-9-10-22(25(17-21)35-13-15-37-28(33)29(5,6)7)20-8-11-24(23(30)16-20)38-27(32)19(3)4/h8-11,16-17H,1,3,12-15H2,2,4-7H3. The lowest BCUT2D eigenvalue weighted by atomic mass is 9.97. The summed E-state index contributed by atoms with van der Waals surface area (Å²) in [7, 11) is 0. The van der Waals surface area contributed by atoms with Gasteiger partial charge in [0.25, 0.3) is 0 Å². The average Bonchev–Trinajstić information content (AvgIpc) is 2.84. The van der Waals surface area contributed by atoms with Crippen LogP contribution in [0.4, 0.5) is 4.39 Å². The number of rotatable bonds is 12. The molecule has 204 valence electrons. The second-order valence-electron chi connectivity index (χ2n) is 9.47. The van der Waals surface area contributed by atoms with Crippen LogP contribution < -0.4 is 14.2 Å². The molecule has 0 atom stereocenters. The van der Waals surface area contributed by atoms with Crippen molar-refractivity contribution in [1.82, 2.24) is 0 Å². The van der Waals surface area contributed by atoms with Gasteiger partial charge in [0, 0.05) is 22.8 Å². The molecule has 2 aromatic rings. The lowest BCUT2D eigenvalue weighted by Gasteiger charge is -2.18. The molecule has 0 unspecified atom stereocenters. The Morgan fingerprint density at radius 3 is 2.03 bits per heavy atom. The molecule has 8 nitrogen and oxygen atoms in total. The first-order valence-corrected chi connectivity index (χ1v) is 11.9. The molecular formula is C29H33FO8. The van der Waals surface area contributed by atoms with Crippen molar-refractivity contribution in [1.29, 1.82) is 0 Å². The van der Waals surface area contributed by atoms with Crippen molar-refractivity contribution in [3.63, 3.8) is 0 Å². The van der Waals surface area contributed by atoms with Crippen LogP contribution in [0.25, 0.3) is 11.1 Å². The maximum atomic E-state index is 14.7. The minimum atomic E-state index is -0.748. The first kappa shape index (κ1) is 30.1. The lowest BCUT2D eigenvalue weighted by Crippen LogP contribution is -2.24. The second kappa shape index (κ2) is 13.4. The topological polar surface area (TPSA) is 97.4 Å². The number of esters is 3. The predicted molar refractivity (Wildman–Crippen MR) is 139 cm³/mol. The van der Waals surface area contributed by atoms with E-state index in [1.165, 1.54) is 19.1 Å². The Morgan fingerprint density at radius 2 is 1.42 bits per heavy atom. The van der Waals surface area contributed by atoms with Crippen LogP contribution in [0.3, 0.4) is 0 Å². The number of carbonyl (C=O) groups excluding carboxylic acids is 3. The first-order chi connectivity index (χ1) is 17.8. The predicted octanol–water partition coefficient (Wildman–Crippen LogP) is 5.44. The third kappa shape index (κ3) is 9.06. The maximum Gasteiger partial charge on any atom is 0.338 e. The van der Waals surface area contributed by atoms with Crippen molar-refractivity contribution >= 4 is 17.9 Å². The summed E-state index contributed by atoms with van der Waals surface area (Å²) in [6, 6.07) is 9.02. The van der Waals surface area contributed by atoms with Gasteiger partial charge in [-0.3, -0.25) is 4.79 Å². The van der Waals surface area contributed by atoms with Crippen molar-refractivity contribution in [2.24, 2.45) is 5.41 Å². The monoisotopic (exact) mass is 528 g/mol. The van der Waals surface area contributed by atoms with Gasteiger partial charge in [-0.2, -0.15) is 0 Å². The number of hydrogen-bond acceptors (Lipinski definition) is 8. The summed E-state index contributed by atoms with van der Waals surface area (Å²) >= 11 is 0. The Labute approximate surface area is 222 Å². The van der Waals surface area contributed by atoms with E-state index in [0.29, 0.717) is 22.6 Å². The van der Waals surface area contributed by atoms with E-state index in [0.717, 1.165) is 0 Å². The number of benzene rings is 2. The van der Waals surface area contributed by atoms with Gasteiger partial charge in [-0.05, 0) is 64.4 Å². The summed E-state index contributed by atoms with van der Waals surface area (Å²) in [5.41, 5.74) is 0.733. The third-order valence-corrected chi connectivity index (χ3v) is 4.87. The molecule has 2 rings (SSSR count). The zero-order chi connectivity index (χ0) is 28.5. The second-order valence-corrected chi connectivity index (χ2v) is 9.47. The van der Waals surface area contributed by atoms with Crippen LogP contribution in [0.15, 0.2) is 60.7 Å². The Kier molecular flexibility index (Phi) is 10.6. The van der Waals surface area contributed by atoms with E-state index in [2.05, 4.69) is 13.2 Å². The van der Waals surface area contributed by atoms with Crippen LogP contribution in [-0.2, 0) is 23.9 Å². The fraction of sp³-hybridized carbons (Fsp3) is 0.345. The summed E-state index contributed by atoms with van der Waals surface area (Å²) in [5, 5.41) is 0. The van der Waals surface area contributed by atoms with Crippen LogP contribution in [0.1, 0.15) is 34.6 Å². The van der Waals surface area contributed by atoms with Gasteiger partial charge in [0.2, 0.25) is 0 Å². The molecule has 38 heavy (non-hydrogen) atoms.